The molecule has 2 N–H and O–H groups in total. The fraction of sp³-hybridized carbons (Fsp3) is 0.375. The van der Waals surface area contributed by atoms with Crippen LogP contribution in [0.25, 0.3) is 11.3 Å². The maximum Gasteiger partial charge on any atom is 0.307 e. The van der Waals surface area contributed by atoms with Crippen molar-refractivity contribution in [3.05, 3.63) is 40.6 Å². The summed E-state index contributed by atoms with van der Waals surface area (Å²) in [6.45, 7) is 8.16. The number of hydrogen-bond donors (Lipinski definition) is 2. The molecule has 0 saturated carbocycles. The van der Waals surface area contributed by atoms with Crippen LogP contribution in [0, 0.1) is 13.8 Å². The van der Waals surface area contributed by atoms with Crippen LogP contribution < -0.4 is 0 Å². The molecule has 1 heterocycles. The smallest absolute Gasteiger partial charge is 0.307 e. The van der Waals surface area contributed by atoms with Gasteiger partial charge in [-0.05, 0) is 37.0 Å². The van der Waals surface area contributed by atoms with Crippen LogP contribution >= 0.6 is 0 Å². The predicted octanol–water partition coefficient (Wildman–Crippen LogP) is 3.44. The van der Waals surface area contributed by atoms with Gasteiger partial charge in [-0.25, -0.2) is 0 Å². The molecule has 0 aliphatic carbocycles. The van der Waals surface area contributed by atoms with Crippen LogP contribution in [0.1, 0.15) is 42.1 Å². The Labute approximate surface area is 118 Å². The lowest BCUT2D eigenvalue weighted by molar-refractivity contribution is -0.136. The average molecular weight is 272 g/mol. The van der Waals surface area contributed by atoms with E-state index in [-0.39, 0.29) is 6.42 Å². The number of carboxylic acids is 1. The molecule has 2 aromatic rings. The molecule has 0 spiro atoms. The number of nitrogens with one attached hydrogen (secondary N) is 1. The van der Waals surface area contributed by atoms with Crippen molar-refractivity contribution >= 4 is 5.97 Å². The Bertz CT molecular complexity index is 642. The van der Waals surface area contributed by atoms with E-state index in [2.05, 4.69) is 42.2 Å². The zero-order valence-corrected chi connectivity index (χ0v) is 12.3. The van der Waals surface area contributed by atoms with Crippen molar-refractivity contribution < 1.29 is 9.90 Å². The zero-order chi connectivity index (χ0) is 14.9. The van der Waals surface area contributed by atoms with E-state index in [1.807, 2.05) is 13.8 Å². The standard InChI is InChI=1S/C16H20N2O2/c1-9(2)12-6-5-10(3)13(7-12)16-14(8-15(19)20)11(4)17-18-16/h5-7,9H,8H2,1-4H3,(H,17,18)(H,19,20). The van der Waals surface area contributed by atoms with Crippen LogP contribution in [0.5, 0.6) is 0 Å². The Balaban J connectivity index is 2.56. The second-order valence-corrected chi connectivity index (χ2v) is 5.48. The maximum absolute atomic E-state index is 11.0. The maximum atomic E-state index is 11.0. The zero-order valence-electron chi connectivity index (χ0n) is 12.3. The Morgan fingerprint density at radius 2 is 2.05 bits per heavy atom. The highest BCUT2D eigenvalue weighted by molar-refractivity contribution is 5.77. The monoisotopic (exact) mass is 272 g/mol. The minimum Gasteiger partial charge on any atom is -0.481 e. The summed E-state index contributed by atoms with van der Waals surface area (Å²) in [5, 5.41) is 16.3. The number of carbonyl (C=O) groups is 1. The highest BCUT2D eigenvalue weighted by Gasteiger charge is 2.17. The van der Waals surface area contributed by atoms with Gasteiger partial charge in [0.2, 0.25) is 0 Å². The Kier molecular flexibility index (Phi) is 3.93. The molecule has 0 saturated heterocycles. The van der Waals surface area contributed by atoms with Crippen LogP contribution in [0.15, 0.2) is 18.2 Å². The average Bonchev–Trinajstić information content (AvgIpc) is 2.71. The fourth-order valence-electron chi connectivity index (χ4n) is 2.30. The summed E-state index contributed by atoms with van der Waals surface area (Å²) in [6, 6.07) is 6.29. The van der Waals surface area contributed by atoms with Gasteiger partial charge in [0, 0.05) is 16.8 Å². The van der Waals surface area contributed by atoms with Crippen molar-refractivity contribution in [2.24, 2.45) is 0 Å². The third-order valence-corrected chi connectivity index (χ3v) is 3.59. The summed E-state index contributed by atoms with van der Waals surface area (Å²) in [5.74, 6) is -0.411. The van der Waals surface area contributed by atoms with E-state index in [0.717, 1.165) is 28.1 Å². The van der Waals surface area contributed by atoms with Gasteiger partial charge in [-0.3, -0.25) is 9.89 Å². The molecule has 0 atom stereocenters. The van der Waals surface area contributed by atoms with Crippen molar-refractivity contribution in [3.8, 4) is 11.3 Å². The minimum atomic E-state index is -0.839. The first kappa shape index (κ1) is 14.3. The van der Waals surface area contributed by atoms with E-state index in [0.29, 0.717) is 5.92 Å². The summed E-state index contributed by atoms with van der Waals surface area (Å²) >= 11 is 0. The molecule has 1 aromatic carbocycles. The predicted molar refractivity (Wildman–Crippen MR) is 78.9 cm³/mol. The molecule has 0 aliphatic heterocycles. The van der Waals surface area contributed by atoms with Gasteiger partial charge in [0.25, 0.3) is 0 Å². The number of nitrogens with zero attached hydrogens (tertiary/aromatic N) is 1. The van der Waals surface area contributed by atoms with Crippen LogP contribution in [0.3, 0.4) is 0 Å². The van der Waals surface area contributed by atoms with E-state index < -0.39 is 5.97 Å². The third-order valence-electron chi connectivity index (χ3n) is 3.59. The first-order valence-electron chi connectivity index (χ1n) is 6.76. The molecule has 106 valence electrons. The number of rotatable bonds is 4. The van der Waals surface area contributed by atoms with Gasteiger partial charge < -0.3 is 5.11 Å². The van der Waals surface area contributed by atoms with Gasteiger partial charge >= 0.3 is 5.97 Å². The molecule has 2 rings (SSSR count). The van der Waals surface area contributed by atoms with E-state index >= 15 is 0 Å². The molecule has 0 amide bonds. The van der Waals surface area contributed by atoms with Crippen molar-refractivity contribution in [1.29, 1.82) is 0 Å². The number of H-pyrrole nitrogens is 1. The number of aromatic nitrogens is 2. The van der Waals surface area contributed by atoms with Crippen LogP contribution in [-0.4, -0.2) is 21.3 Å². The van der Waals surface area contributed by atoms with E-state index in [4.69, 9.17) is 5.11 Å². The first-order chi connectivity index (χ1) is 9.40. The highest BCUT2D eigenvalue weighted by Crippen LogP contribution is 2.30. The number of benzene rings is 1. The lowest BCUT2D eigenvalue weighted by Crippen LogP contribution is -2.02. The van der Waals surface area contributed by atoms with Crippen molar-refractivity contribution in [2.75, 3.05) is 0 Å². The largest absolute Gasteiger partial charge is 0.481 e. The van der Waals surface area contributed by atoms with E-state index in [9.17, 15) is 4.79 Å². The molecule has 0 unspecified atom stereocenters. The first-order valence-corrected chi connectivity index (χ1v) is 6.76. The number of hydrogen-bond acceptors (Lipinski definition) is 2. The molecule has 1 aromatic heterocycles. The van der Waals surface area contributed by atoms with Gasteiger partial charge in [-0.1, -0.05) is 26.0 Å². The lowest BCUT2D eigenvalue weighted by atomic mass is 9.94. The molecule has 0 radical (unpaired) electrons. The fourth-order valence-corrected chi connectivity index (χ4v) is 2.30. The second kappa shape index (κ2) is 5.49. The van der Waals surface area contributed by atoms with Crippen LogP contribution in [0.2, 0.25) is 0 Å². The van der Waals surface area contributed by atoms with Crippen molar-refractivity contribution in [1.82, 2.24) is 10.2 Å². The van der Waals surface area contributed by atoms with Crippen LogP contribution in [-0.2, 0) is 11.2 Å². The number of aryl methyl sites for hydroxylation is 2. The summed E-state index contributed by atoms with van der Waals surface area (Å²) in [6.07, 6.45) is -0.0109. The number of aliphatic carboxylic acids is 1. The molecule has 20 heavy (non-hydrogen) atoms. The Morgan fingerprint density at radius 1 is 1.35 bits per heavy atom. The number of carboxylic acid groups (broad SMARTS) is 1. The van der Waals surface area contributed by atoms with Gasteiger partial charge in [0.1, 0.15) is 0 Å². The molecular weight excluding hydrogens is 252 g/mol. The molecule has 4 nitrogen and oxygen atoms in total. The highest BCUT2D eigenvalue weighted by atomic mass is 16.4. The van der Waals surface area contributed by atoms with E-state index in [1.54, 1.807) is 0 Å². The third kappa shape index (κ3) is 2.74. The number of aromatic amines is 1. The van der Waals surface area contributed by atoms with Gasteiger partial charge in [0.15, 0.2) is 0 Å². The van der Waals surface area contributed by atoms with Gasteiger partial charge in [-0.2, -0.15) is 5.10 Å². The van der Waals surface area contributed by atoms with Crippen molar-refractivity contribution in [2.45, 2.75) is 40.0 Å². The van der Waals surface area contributed by atoms with Gasteiger partial charge in [-0.15, -0.1) is 0 Å². The molecular formula is C16H20N2O2. The molecule has 0 fully saturated rings. The summed E-state index contributed by atoms with van der Waals surface area (Å²) in [4.78, 5) is 11.0. The lowest BCUT2D eigenvalue weighted by Gasteiger charge is -2.11. The minimum absolute atomic E-state index is 0.0109. The quantitative estimate of drug-likeness (QED) is 0.896. The second-order valence-electron chi connectivity index (χ2n) is 5.48. The van der Waals surface area contributed by atoms with Crippen LogP contribution in [0.4, 0.5) is 0 Å². The summed E-state index contributed by atoms with van der Waals surface area (Å²) in [7, 11) is 0. The van der Waals surface area contributed by atoms with Gasteiger partial charge in [0.05, 0.1) is 12.1 Å². The normalized spacial score (nSPS) is 11.1. The topological polar surface area (TPSA) is 66.0 Å². The molecule has 0 bridgehead atoms. The van der Waals surface area contributed by atoms with E-state index in [1.165, 1.54) is 5.56 Å². The summed E-state index contributed by atoms with van der Waals surface area (Å²) in [5.41, 5.74) is 5.68. The Morgan fingerprint density at radius 3 is 2.65 bits per heavy atom. The SMILES string of the molecule is Cc1ccc(C(C)C)cc1-c1n[nH]c(C)c1CC(=O)O. The molecule has 4 heteroatoms. The Hall–Kier alpha value is -2.10. The summed E-state index contributed by atoms with van der Waals surface area (Å²) < 4.78 is 0. The van der Waals surface area contributed by atoms with Crippen molar-refractivity contribution in [3.63, 3.8) is 0 Å². The molecule has 0 aliphatic rings.